The first-order chi connectivity index (χ1) is 16.2. The lowest BCUT2D eigenvalue weighted by molar-refractivity contribution is -0.150. The van der Waals surface area contributed by atoms with Crippen molar-refractivity contribution < 1.29 is 22.9 Å². The summed E-state index contributed by atoms with van der Waals surface area (Å²) in [6.07, 6.45) is 0.585. The van der Waals surface area contributed by atoms with Crippen molar-refractivity contribution >= 4 is 25.3 Å². The lowest BCUT2D eigenvalue weighted by atomic mass is 10.0. The Balaban J connectivity index is 2.95. The van der Waals surface area contributed by atoms with Gasteiger partial charge < -0.3 is 13.9 Å². The number of hydrogen-bond acceptors (Lipinski definition) is 5. The maximum atomic E-state index is 13.0. The summed E-state index contributed by atoms with van der Waals surface area (Å²) in [7, 11) is -1.73. The molecule has 0 spiro atoms. The van der Waals surface area contributed by atoms with E-state index in [9.17, 15) is 9.00 Å². The molecule has 2 unspecified atom stereocenters. The van der Waals surface area contributed by atoms with E-state index in [4.69, 9.17) is 13.9 Å². The Kier molecular flexibility index (Phi) is 12.6. The van der Waals surface area contributed by atoms with Crippen LogP contribution in [0.4, 0.5) is 0 Å². The van der Waals surface area contributed by atoms with E-state index in [1.807, 2.05) is 52.0 Å². The lowest BCUT2D eigenvalue weighted by Crippen LogP contribution is -2.50. The summed E-state index contributed by atoms with van der Waals surface area (Å²) in [5.74, 6) is -0.0353. The molecule has 3 atom stereocenters. The van der Waals surface area contributed by atoms with Gasteiger partial charge in [-0.15, -0.1) is 0 Å². The van der Waals surface area contributed by atoms with Crippen LogP contribution in [0.25, 0.3) is 0 Å². The number of ether oxygens (including phenoxy) is 2. The fourth-order valence-electron chi connectivity index (χ4n) is 4.76. The van der Waals surface area contributed by atoms with E-state index >= 15 is 0 Å². The Morgan fingerprint density at radius 1 is 0.971 bits per heavy atom. The first-order valence-corrected chi connectivity index (χ1v) is 16.1. The summed E-state index contributed by atoms with van der Waals surface area (Å²) in [5.41, 5.74) is 2.32. The SMILES string of the molecule is COc1ccc(COC(=O)C(C)C(CCO[Si](C(C)C)(C(C)C)C(C)C)N[S@](=O)C(C)(C)C)cc1. The normalized spacial score (nSPS) is 15.4. The van der Waals surface area contributed by atoms with E-state index in [2.05, 4.69) is 46.3 Å². The summed E-state index contributed by atoms with van der Waals surface area (Å²) in [6, 6.07) is 7.12. The summed E-state index contributed by atoms with van der Waals surface area (Å²) >= 11 is 0. The summed E-state index contributed by atoms with van der Waals surface area (Å²) < 4.78 is 33.2. The molecule has 0 bridgehead atoms. The van der Waals surface area contributed by atoms with Gasteiger partial charge in [-0.3, -0.25) is 4.79 Å². The standard InChI is InChI=1S/C27H49NO5SSi/c1-19(2)35(20(3)4,21(5)6)33-17-16-25(28-34(30)27(8,9)10)22(7)26(29)32-18-23-12-14-24(31-11)15-13-23/h12-15,19-22,25,28H,16-18H2,1-11H3/t22?,25?,34-/m1/s1. The summed E-state index contributed by atoms with van der Waals surface area (Å²) in [6.45, 7) is 21.9. The maximum Gasteiger partial charge on any atom is 0.310 e. The van der Waals surface area contributed by atoms with E-state index < -0.39 is 30.0 Å². The number of carbonyl (C=O) groups is 1. The number of benzene rings is 1. The van der Waals surface area contributed by atoms with Crippen molar-refractivity contribution in [1.82, 2.24) is 4.72 Å². The van der Waals surface area contributed by atoms with Crippen LogP contribution < -0.4 is 9.46 Å². The molecule has 1 aromatic rings. The van der Waals surface area contributed by atoms with Gasteiger partial charge >= 0.3 is 5.97 Å². The lowest BCUT2D eigenvalue weighted by Gasteiger charge is -2.42. The fraction of sp³-hybridized carbons (Fsp3) is 0.741. The highest BCUT2D eigenvalue weighted by Crippen LogP contribution is 2.42. The molecule has 0 aromatic heterocycles. The molecule has 0 saturated carbocycles. The zero-order valence-corrected chi connectivity index (χ0v) is 25.6. The predicted molar refractivity (Wildman–Crippen MR) is 148 cm³/mol. The van der Waals surface area contributed by atoms with Crippen LogP contribution in [0.1, 0.15) is 81.2 Å². The van der Waals surface area contributed by atoms with Gasteiger partial charge in [0.05, 0.1) is 28.8 Å². The third kappa shape index (κ3) is 8.99. The molecule has 0 aliphatic rings. The number of rotatable bonds is 14. The topological polar surface area (TPSA) is 73.9 Å². The number of carbonyl (C=O) groups excluding carboxylic acids is 1. The van der Waals surface area contributed by atoms with Crippen LogP contribution in [0.5, 0.6) is 5.75 Å². The Bertz CT molecular complexity index is 783. The van der Waals surface area contributed by atoms with Gasteiger partial charge in [-0.2, -0.15) is 0 Å². The third-order valence-corrected chi connectivity index (χ3v) is 14.6. The van der Waals surface area contributed by atoms with E-state index in [-0.39, 0.29) is 18.6 Å². The second-order valence-electron chi connectivity index (χ2n) is 11.3. The van der Waals surface area contributed by atoms with Gasteiger partial charge in [-0.25, -0.2) is 8.93 Å². The number of methoxy groups -OCH3 is 1. The van der Waals surface area contributed by atoms with Crippen LogP contribution in [0.15, 0.2) is 24.3 Å². The molecule has 35 heavy (non-hydrogen) atoms. The molecule has 0 amide bonds. The van der Waals surface area contributed by atoms with Crippen molar-refractivity contribution in [3.63, 3.8) is 0 Å². The summed E-state index contributed by atoms with van der Waals surface area (Å²) in [5, 5.41) is 0. The smallest absolute Gasteiger partial charge is 0.310 e. The second-order valence-corrected chi connectivity index (χ2v) is 18.8. The summed E-state index contributed by atoms with van der Waals surface area (Å²) in [4.78, 5) is 13.0. The van der Waals surface area contributed by atoms with Gasteiger partial charge in [0.1, 0.15) is 12.4 Å². The molecule has 0 heterocycles. The van der Waals surface area contributed by atoms with Crippen molar-refractivity contribution in [2.75, 3.05) is 13.7 Å². The van der Waals surface area contributed by atoms with Crippen LogP contribution in [-0.2, 0) is 31.5 Å². The van der Waals surface area contributed by atoms with Gasteiger partial charge in [0.2, 0.25) is 0 Å². The predicted octanol–water partition coefficient (Wildman–Crippen LogP) is 6.38. The Morgan fingerprint density at radius 3 is 1.91 bits per heavy atom. The molecule has 0 aliphatic carbocycles. The van der Waals surface area contributed by atoms with Crippen LogP contribution in [0, 0.1) is 5.92 Å². The van der Waals surface area contributed by atoms with Gasteiger partial charge in [0, 0.05) is 12.6 Å². The highest BCUT2D eigenvalue weighted by Gasteiger charge is 2.45. The highest BCUT2D eigenvalue weighted by molar-refractivity contribution is 7.84. The van der Waals surface area contributed by atoms with E-state index in [0.29, 0.717) is 29.7 Å². The molecule has 202 valence electrons. The van der Waals surface area contributed by atoms with Crippen LogP contribution in [-0.4, -0.2) is 43.0 Å². The molecular weight excluding hydrogens is 478 g/mol. The van der Waals surface area contributed by atoms with Crippen LogP contribution in [0.3, 0.4) is 0 Å². The molecular formula is C27H49NO5SSi. The third-order valence-electron chi connectivity index (χ3n) is 6.82. The first kappa shape index (κ1) is 31.8. The molecule has 0 radical (unpaired) electrons. The molecule has 1 aromatic carbocycles. The molecule has 1 N–H and O–H groups in total. The second kappa shape index (κ2) is 13.9. The molecule has 0 aliphatic heterocycles. The molecule has 0 fully saturated rings. The average molecular weight is 528 g/mol. The Hall–Kier alpha value is -1.22. The van der Waals surface area contributed by atoms with E-state index in [1.54, 1.807) is 7.11 Å². The van der Waals surface area contributed by atoms with Crippen molar-refractivity contribution in [3.8, 4) is 5.75 Å². The number of nitrogens with one attached hydrogen (secondary N) is 1. The first-order valence-electron chi connectivity index (χ1n) is 12.8. The van der Waals surface area contributed by atoms with Gasteiger partial charge in [0.25, 0.3) is 0 Å². The zero-order valence-electron chi connectivity index (χ0n) is 23.8. The van der Waals surface area contributed by atoms with Crippen molar-refractivity contribution in [3.05, 3.63) is 29.8 Å². The molecule has 1 rings (SSSR count). The van der Waals surface area contributed by atoms with E-state index in [0.717, 1.165) is 11.3 Å². The van der Waals surface area contributed by atoms with Gasteiger partial charge in [0.15, 0.2) is 8.32 Å². The van der Waals surface area contributed by atoms with Crippen LogP contribution in [0.2, 0.25) is 16.6 Å². The minimum absolute atomic E-state index is 0.183. The van der Waals surface area contributed by atoms with Crippen LogP contribution >= 0.6 is 0 Å². The Morgan fingerprint density at radius 2 is 1.49 bits per heavy atom. The fourth-order valence-corrected chi connectivity index (χ4v) is 11.2. The minimum atomic E-state index is -2.03. The molecule has 6 nitrogen and oxygen atoms in total. The average Bonchev–Trinajstić information content (AvgIpc) is 2.77. The molecule has 8 heteroatoms. The highest BCUT2D eigenvalue weighted by atomic mass is 32.2. The van der Waals surface area contributed by atoms with Crippen molar-refractivity contribution in [2.24, 2.45) is 5.92 Å². The van der Waals surface area contributed by atoms with Gasteiger partial charge in [-0.1, -0.05) is 60.6 Å². The number of hydrogen-bond donors (Lipinski definition) is 1. The Labute approximate surface area is 217 Å². The van der Waals surface area contributed by atoms with Gasteiger partial charge in [-0.05, 0) is 61.5 Å². The maximum absolute atomic E-state index is 13.0. The molecule has 0 saturated heterocycles. The monoisotopic (exact) mass is 527 g/mol. The zero-order chi connectivity index (χ0) is 27.0. The largest absolute Gasteiger partial charge is 0.497 e. The number of esters is 1. The quantitative estimate of drug-likeness (QED) is 0.225. The van der Waals surface area contributed by atoms with E-state index in [1.165, 1.54) is 0 Å². The van der Waals surface area contributed by atoms with Crippen molar-refractivity contribution in [2.45, 2.75) is 110 Å². The van der Waals surface area contributed by atoms with Crippen molar-refractivity contribution in [1.29, 1.82) is 0 Å². The minimum Gasteiger partial charge on any atom is -0.497 e.